The second kappa shape index (κ2) is 10.5. The number of thioether (sulfide) groups is 1. The molecule has 3 rings (SSSR count). The van der Waals surface area contributed by atoms with Gasteiger partial charge in [-0.3, -0.25) is 9.52 Å². The first-order chi connectivity index (χ1) is 14.5. The first-order valence-electron chi connectivity index (χ1n) is 9.23. The van der Waals surface area contributed by atoms with E-state index in [1.807, 2.05) is 18.2 Å². The van der Waals surface area contributed by atoms with Gasteiger partial charge in [0.25, 0.3) is 15.9 Å². The maximum absolute atomic E-state index is 12.5. The van der Waals surface area contributed by atoms with Gasteiger partial charge >= 0.3 is 0 Å². The van der Waals surface area contributed by atoms with Gasteiger partial charge in [-0.15, -0.1) is 0 Å². The third kappa shape index (κ3) is 6.26. The van der Waals surface area contributed by atoms with Crippen molar-refractivity contribution in [1.82, 2.24) is 5.32 Å². The number of rotatable bonds is 9. The van der Waals surface area contributed by atoms with Crippen LogP contribution in [0.1, 0.15) is 15.9 Å². The molecule has 0 aromatic heterocycles. The normalized spacial score (nSPS) is 11.1. The van der Waals surface area contributed by atoms with Crippen molar-refractivity contribution >= 4 is 45.0 Å². The van der Waals surface area contributed by atoms with E-state index in [4.69, 9.17) is 11.6 Å². The van der Waals surface area contributed by atoms with Gasteiger partial charge in [-0.1, -0.05) is 60.1 Å². The van der Waals surface area contributed by atoms with Crippen LogP contribution in [0.2, 0.25) is 5.02 Å². The summed E-state index contributed by atoms with van der Waals surface area (Å²) in [7, 11) is -3.75. The number of hydrogen-bond donors (Lipinski definition) is 2. The fourth-order valence-electron chi connectivity index (χ4n) is 2.67. The van der Waals surface area contributed by atoms with E-state index >= 15 is 0 Å². The van der Waals surface area contributed by atoms with Gasteiger partial charge in [0.15, 0.2) is 0 Å². The number of sulfonamides is 1. The number of carbonyl (C=O) groups is 1. The van der Waals surface area contributed by atoms with Crippen LogP contribution in [-0.2, 0) is 15.8 Å². The zero-order chi connectivity index (χ0) is 21.4. The SMILES string of the molecule is O=C(NCCSCc1ccccc1)c1cc(NS(=O)(=O)c2ccccc2)ccc1Cl. The molecule has 0 saturated heterocycles. The van der Waals surface area contributed by atoms with Gasteiger partial charge in [-0.05, 0) is 35.9 Å². The van der Waals surface area contributed by atoms with Gasteiger partial charge < -0.3 is 5.32 Å². The topological polar surface area (TPSA) is 75.3 Å². The van der Waals surface area contributed by atoms with Gasteiger partial charge in [-0.25, -0.2) is 8.42 Å². The number of carbonyl (C=O) groups excluding carboxylic acids is 1. The standard InChI is InChI=1S/C22H21ClN2O3S2/c23-21-12-11-18(25-30(27,28)19-9-5-2-6-10-19)15-20(21)22(26)24-13-14-29-16-17-7-3-1-4-8-17/h1-12,15,25H,13-14,16H2,(H,24,26). The summed E-state index contributed by atoms with van der Waals surface area (Å²) in [6.07, 6.45) is 0. The molecule has 0 radical (unpaired) electrons. The maximum Gasteiger partial charge on any atom is 0.261 e. The molecule has 3 aromatic rings. The van der Waals surface area contributed by atoms with Crippen molar-refractivity contribution in [2.75, 3.05) is 17.0 Å². The summed E-state index contributed by atoms with van der Waals surface area (Å²) >= 11 is 7.87. The van der Waals surface area contributed by atoms with Gasteiger partial charge in [0.1, 0.15) is 0 Å². The number of anilines is 1. The number of nitrogens with one attached hydrogen (secondary N) is 2. The van der Waals surface area contributed by atoms with E-state index in [0.717, 1.165) is 11.5 Å². The highest BCUT2D eigenvalue weighted by molar-refractivity contribution is 7.98. The molecular formula is C22H21ClN2O3S2. The molecule has 1 amide bonds. The average molecular weight is 461 g/mol. The van der Waals surface area contributed by atoms with E-state index in [2.05, 4.69) is 22.2 Å². The number of halogens is 1. The van der Waals surface area contributed by atoms with Crippen molar-refractivity contribution in [3.05, 3.63) is 95.0 Å². The van der Waals surface area contributed by atoms with Crippen LogP contribution in [0.15, 0.2) is 83.8 Å². The Morgan fingerprint density at radius 2 is 1.60 bits per heavy atom. The highest BCUT2D eigenvalue weighted by Crippen LogP contribution is 2.23. The second-order valence-electron chi connectivity index (χ2n) is 6.41. The Hall–Kier alpha value is -2.48. The smallest absolute Gasteiger partial charge is 0.261 e. The van der Waals surface area contributed by atoms with E-state index in [1.54, 1.807) is 30.0 Å². The lowest BCUT2D eigenvalue weighted by molar-refractivity contribution is 0.0956. The van der Waals surface area contributed by atoms with Crippen LogP contribution in [0.5, 0.6) is 0 Å². The fourth-order valence-corrected chi connectivity index (χ4v) is 4.77. The zero-order valence-corrected chi connectivity index (χ0v) is 18.4. The lowest BCUT2D eigenvalue weighted by Gasteiger charge is -2.11. The van der Waals surface area contributed by atoms with Gasteiger partial charge in [-0.2, -0.15) is 11.8 Å². The van der Waals surface area contributed by atoms with Crippen molar-refractivity contribution in [2.45, 2.75) is 10.6 Å². The summed E-state index contributed by atoms with van der Waals surface area (Å²) < 4.78 is 27.4. The highest BCUT2D eigenvalue weighted by Gasteiger charge is 2.16. The van der Waals surface area contributed by atoms with Crippen LogP contribution >= 0.6 is 23.4 Å². The molecule has 30 heavy (non-hydrogen) atoms. The fraction of sp³-hybridized carbons (Fsp3) is 0.136. The molecule has 0 bridgehead atoms. The van der Waals surface area contributed by atoms with E-state index in [9.17, 15) is 13.2 Å². The van der Waals surface area contributed by atoms with Crippen LogP contribution in [0.4, 0.5) is 5.69 Å². The van der Waals surface area contributed by atoms with Crippen molar-refractivity contribution in [3.8, 4) is 0 Å². The molecule has 0 aliphatic carbocycles. The van der Waals surface area contributed by atoms with Crippen LogP contribution < -0.4 is 10.0 Å². The van der Waals surface area contributed by atoms with Crippen LogP contribution in [-0.4, -0.2) is 26.6 Å². The molecule has 8 heteroatoms. The Balaban J connectivity index is 1.57. The molecule has 0 unspecified atom stereocenters. The van der Waals surface area contributed by atoms with Crippen LogP contribution in [0, 0.1) is 0 Å². The molecule has 0 spiro atoms. The van der Waals surface area contributed by atoms with Gasteiger partial charge in [0.05, 0.1) is 15.5 Å². The van der Waals surface area contributed by atoms with E-state index in [-0.39, 0.29) is 27.1 Å². The predicted molar refractivity (Wildman–Crippen MR) is 124 cm³/mol. The lowest BCUT2D eigenvalue weighted by Crippen LogP contribution is -2.26. The van der Waals surface area contributed by atoms with E-state index in [1.165, 1.54) is 35.9 Å². The molecular weight excluding hydrogens is 440 g/mol. The minimum atomic E-state index is -3.75. The van der Waals surface area contributed by atoms with E-state index < -0.39 is 10.0 Å². The van der Waals surface area contributed by atoms with Crippen molar-refractivity contribution < 1.29 is 13.2 Å². The first kappa shape index (κ1) is 22.2. The van der Waals surface area contributed by atoms with Gasteiger partial charge in [0, 0.05) is 23.7 Å². The van der Waals surface area contributed by atoms with E-state index in [0.29, 0.717) is 6.54 Å². The van der Waals surface area contributed by atoms with Crippen LogP contribution in [0.25, 0.3) is 0 Å². The Morgan fingerprint density at radius 1 is 0.933 bits per heavy atom. The summed E-state index contributed by atoms with van der Waals surface area (Å²) in [5.41, 5.74) is 1.72. The van der Waals surface area contributed by atoms with Crippen LogP contribution in [0.3, 0.4) is 0 Å². The molecule has 2 N–H and O–H groups in total. The maximum atomic E-state index is 12.5. The van der Waals surface area contributed by atoms with Crippen molar-refractivity contribution in [3.63, 3.8) is 0 Å². The Morgan fingerprint density at radius 3 is 2.30 bits per heavy atom. The summed E-state index contributed by atoms with van der Waals surface area (Å²) in [5, 5.41) is 3.08. The molecule has 0 saturated carbocycles. The summed E-state index contributed by atoms with van der Waals surface area (Å²) in [6, 6.07) is 22.6. The van der Waals surface area contributed by atoms with Gasteiger partial charge in [0.2, 0.25) is 0 Å². The predicted octanol–water partition coefficient (Wildman–Crippen LogP) is 4.80. The Kier molecular flexibility index (Phi) is 7.79. The molecule has 3 aromatic carbocycles. The molecule has 0 heterocycles. The molecule has 156 valence electrons. The molecule has 0 fully saturated rings. The summed E-state index contributed by atoms with van der Waals surface area (Å²) in [6.45, 7) is 0.479. The first-order valence-corrected chi connectivity index (χ1v) is 12.2. The zero-order valence-electron chi connectivity index (χ0n) is 16.0. The minimum Gasteiger partial charge on any atom is -0.351 e. The third-order valence-corrected chi connectivity index (χ3v) is 6.92. The molecule has 0 aliphatic rings. The Labute approximate surface area is 185 Å². The highest BCUT2D eigenvalue weighted by atomic mass is 35.5. The monoisotopic (exact) mass is 460 g/mol. The molecule has 5 nitrogen and oxygen atoms in total. The summed E-state index contributed by atoms with van der Waals surface area (Å²) in [5.74, 6) is 1.27. The second-order valence-corrected chi connectivity index (χ2v) is 9.60. The minimum absolute atomic E-state index is 0.140. The average Bonchev–Trinajstić information content (AvgIpc) is 2.76. The quantitative estimate of drug-likeness (QED) is 0.449. The molecule has 0 atom stereocenters. The van der Waals surface area contributed by atoms with Crippen molar-refractivity contribution in [1.29, 1.82) is 0 Å². The summed E-state index contributed by atoms with van der Waals surface area (Å²) in [4.78, 5) is 12.6. The number of amides is 1. The number of hydrogen-bond acceptors (Lipinski definition) is 4. The third-order valence-electron chi connectivity index (χ3n) is 4.16. The molecule has 0 aliphatic heterocycles. The Bertz CT molecular complexity index is 1090. The number of benzene rings is 3. The van der Waals surface area contributed by atoms with Crippen molar-refractivity contribution in [2.24, 2.45) is 0 Å². The largest absolute Gasteiger partial charge is 0.351 e. The lowest BCUT2D eigenvalue weighted by atomic mass is 10.2.